The number of carbonyl (C=O) groups is 1. The predicted molar refractivity (Wildman–Crippen MR) is 86.7 cm³/mol. The van der Waals surface area contributed by atoms with Gasteiger partial charge >= 0.3 is 0 Å². The van der Waals surface area contributed by atoms with Crippen molar-refractivity contribution in [3.8, 4) is 5.75 Å². The Balaban J connectivity index is 2.00. The summed E-state index contributed by atoms with van der Waals surface area (Å²) in [6, 6.07) is 11.8. The molecule has 0 atom stereocenters. The van der Waals surface area contributed by atoms with Crippen molar-refractivity contribution in [2.45, 2.75) is 12.8 Å². The topological polar surface area (TPSA) is 69.4 Å². The van der Waals surface area contributed by atoms with E-state index < -0.39 is 4.92 Å². The zero-order valence-corrected chi connectivity index (χ0v) is 12.6. The number of aryl methyl sites for hydroxylation is 1. The highest BCUT2D eigenvalue weighted by Gasteiger charge is 2.23. The number of nitro groups is 1. The Morgan fingerprint density at radius 3 is 2.70 bits per heavy atom. The molecule has 5 heteroatoms. The molecule has 2 aromatic carbocycles. The maximum absolute atomic E-state index is 12.6. The van der Waals surface area contributed by atoms with E-state index in [9.17, 15) is 14.9 Å². The summed E-state index contributed by atoms with van der Waals surface area (Å²) in [4.78, 5) is 23.3. The van der Waals surface area contributed by atoms with E-state index in [4.69, 9.17) is 4.74 Å². The number of allylic oxidation sites excluding steroid dienone is 1. The molecule has 2 aromatic rings. The minimum Gasteiger partial charge on any atom is -0.497 e. The molecule has 1 aliphatic carbocycles. The molecule has 23 heavy (non-hydrogen) atoms. The van der Waals surface area contributed by atoms with Crippen LogP contribution in [0.15, 0.2) is 48.0 Å². The van der Waals surface area contributed by atoms with Gasteiger partial charge in [-0.05, 0) is 48.7 Å². The van der Waals surface area contributed by atoms with E-state index in [0.29, 0.717) is 29.5 Å². The van der Waals surface area contributed by atoms with Gasteiger partial charge < -0.3 is 4.74 Å². The zero-order chi connectivity index (χ0) is 16.4. The van der Waals surface area contributed by atoms with E-state index in [2.05, 4.69) is 0 Å². The van der Waals surface area contributed by atoms with Crippen LogP contribution in [-0.2, 0) is 6.42 Å². The SMILES string of the molecule is COc1ccc2c(c1)CC/C(=C\c1ccccc1[N+](=O)[O-])C2=O. The lowest BCUT2D eigenvalue weighted by atomic mass is 9.86. The number of carbonyl (C=O) groups excluding carboxylic acids is 1. The molecule has 0 aliphatic heterocycles. The fourth-order valence-corrected chi connectivity index (χ4v) is 2.78. The van der Waals surface area contributed by atoms with Crippen LogP contribution >= 0.6 is 0 Å². The Morgan fingerprint density at radius 2 is 1.96 bits per heavy atom. The number of methoxy groups -OCH3 is 1. The second kappa shape index (κ2) is 6.04. The van der Waals surface area contributed by atoms with Crippen LogP contribution in [0.1, 0.15) is 27.9 Å². The van der Waals surface area contributed by atoms with Crippen LogP contribution in [-0.4, -0.2) is 17.8 Å². The smallest absolute Gasteiger partial charge is 0.276 e. The van der Waals surface area contributed by atoms with E-state index in [1.807, 2.05) is 6.07 Å². The van der Waals surface area contributed by atoms with Crippen LogP contribution in [0.3, 0.4) is 0 Å². The van der Waals surface area contributed by atoms with E-state index in [1.54, 1.807) is 43.5 Å². The molecule has 0 fully saturated rings. The zero-order valence-electron chi connectivity index (χ0n) is 12.6. The van der Waals surface area contributed by atoms with Gasteiger partial charge in [-0.15, -0.1) is 0 Å². The molecule has 1 aliphatic rings. The summed E-state index contributed by atoms with van der Waals surface area (Å²) >= 11 is 0. The van der Waals surface area contributed by atoms with E-state index >= 15 is 0 Å². The third kappa shape index (κ3) is 2.85. The average molecular weight is 309 g/mol. The summed E-state index contributed by atoms with van der Waals surface area (Å²) in [7, 11) is 1.59. The highest BCUT2D eigenvalue weighted by Crippen LogP contribution is 2.30. The first kappa shape index (κ1) is 15.0. The van der Waals surface area contributed by atoms with Crippen molar-refractivity contribution in [2.75, 3.05) is 7.11 Å². The summed E-state index contributed by atoms with van der Waals surface area (Å²) in [5, 5.41) is 11.1. The first-order valence-electron chi connectivity index (χ1n) is 7.26. The molecule has 0 spiro atoms. The van der Waals surface area contributed by atoms with Crippen LogP contribution in [0.25, 0.3) is 6.08 Å². The predicted octanol–water partition coefficient (Wildman–Crippen LogP) is 3.82. The molecule has 0 bridgehead atoms. The van der Waals surface area contributed by atoms with Crippen LogP contribution in [0, 0.1) is 10.1 Å². The second-order valence-corrected chi connectivity index (χ2v) is 5.34. The number of para-hydroxylation sites is 1. The number of nitrogens with zero attached hydrogens (tertiary/aromatic N) is 1. The quantitative estimate of drug-likeness (QED) is 0.491. The molecule has 0 saturated heterocycles. The van der Waals surface area contributed by atoms with E-state index in [-0.39, 0.29) is 11.5 Å². The molecular weight excluding hydrogens is 294 g/mol. The van der Waals surface area contributed by atoms with Crippen molar-refractivity contribution in [3.63, 3.8) is 0 Å². The molecule has 0 heterocycles. The van der Waals surface area contributed by atoms with Crippen LogP contribution in [0.2, 0.25) is 0 Å². The molecule has 116 valence electrons. The summed E-state index contributed by atoms with van der Waals surface area (Å²) in [6.07, 6.45) is 2.91. The molecule has 0 aromatic heterocycles. The number of hydrogen-bond acceptors (Lipinski definition) is 4. The fourth-order valence-electron chi connectivity index (χ4n) is 2.78. The molecule has 0 amide bonds. The number of Topliss-reactive ketones (excluding diaryl/α,β-unsaturated/α-hetero) is 1. The molecule has 0 unspecified atom stereocenters. The van der Waals surface area contributed by atoms with Crippen molar-refractivity contribution in [1.82, 2.24) is 0 Å². The van der Waals surface area contributed by atoms with Crippen molar-refractivity contribution in [1.29, 1.82) is 0 Å². The van der Waals surface area contributed by atoms with Gasteiger partial charge in [0.05, 0.1) is 17.6 Å². The molecule has 0 N–H and O–H groups in total. The van der Waals surface area contributed by atoms with Gasteiger partial charge in [0.1, 0.15) is 5.75 Å². The van der Waals surface area contributed by atoms with Gasteiger partial charge in [-0.25, -0.2) is 0 Å². The third-order valence-electron chi connectivity index (χ3n) is 3.98. The number of nitro benzene ring substituents is 1. The highest BCUT2D eigenvalue weighted by molar-refractivity contribution is 6.13. The Bertz CT molecular complexity index is 824. The molecule has 5 nitrogen and oxygen atoms in total. The number of rotatable bonds is 3. The van der Waals surface area contributed by atoms with Gasteiger partial charge in [-0.2, -0.15) is 0 Å². The number of ether oxygens (including phenoxy) is 1. The van der Waals surface area contributed by atoms with Crippen LogP contribution in [0.5, 0.6) is 5.75 Å². The summed E-state index contributed by atoms with van der Waals surface area (Å²) in [6.45, 7) is 0. The minimum atomic E-state index is -0.432. The number of fused-ring (bicyclic) bond motifs is 1. The van der Waals surface area contributed by atoms with Crippen molar-refractivity contribution < 1.29 is 14.5 Å². The number of hydrogen-bond donors (Lipinski definition) is 0. The van der Waals surface area contributed by atoms with Gasteiger partial charge in [-0.3, -0.25) is 14.9 Å². The Labute approximate surface area is 133 Å². The average Bonchev–Trinajstić information content (AvgIpc) is 2.57. The number of ketones is 1. The van der Waals surface area contributed by atoms with Gasteiger partial charge in [0.2, 0.25) is 0 Å². The maximum Gasteiger partial charge on any atom is 0.276 e. The highest BCUT2D eigenvalue weighted by atomic mass is 16.6. The molecule has 3 rings (SSSR count). The van der Waals surface area contributed by atoms with Crippen molar-refractivity contribution >= 4 is 17.5 Å². The first-order chi connectivity index (χ1) is 11.1. The number of benzene rings is 2. The van der Waals surface area contributed by atoms with Crippen LogP contribution in [0.4, 0.5) is 5.69 Å². The Kier molecular flexibility index (Phi) is 3.93. The molecule has 0 radical (unpaired) electrons. The van der Waals surface area contributed by atoms with Gasteiger partial charge in [-0.1, -0.05) is 12.1 Å². The normalized spacial score (nSPS) is 15.3. The summed E-state index contributed by atoms with van der Waals surface area (Å²) in [5.41, 5.74) is 2.65. The standard InChI is InChI=1S/C18H15NO4/c1-23-15-8-9-16-12(11-15)6-7-14(18(16)20)10-13-4-2-3-5-17(13)19(21)22/h2-5,8-11H,6-7H2,1H3/b14-10+. The Hall–Kier alpha value is -2.95. The summed E-state index contributed by atoms with van der Waals surface area (Å²) in [5.74, 6) is 0.648. The minimum absolute atomic E-state index is 0.00771. The monoisotopic (exact) mass is 309 g/mol. The lowest BCUT2D eigenvalue weighted by Gasteiger charge is -2.18. The maximum atomic E-state index is 12.6. The van der Waals surface area contributed by atoms with Gasteiger partial charge in [0.25, 0.3) is 5.69 Å². The van der Waals surface area contributed by atoms with Gasteiger partial charge in [0, 0.05) is 17.2 Å². The fraction of sp³-hybridized carbons (Fsp3) is 0.167. The first-order valence-corrected chi connectivity index (χ1v) is 7.26. The van der Waals surface area contributed by atoms with Gasteiger partial charge in [0.15, 0.2) is 5.78 Å². The molecular formula is C18H15NO4. The second-order valence-electron chi connectivity index (χ2n) is 5.34. The summed E-state index contributed by atoms with van der Waals surface area (Å²) < 4.78 is 5.18. The van der Waals surface area contributed by atoms with E-state index in [0.717, 1.165) is 11.3 Å². The third-order valence-corrected chi connectivity index (χ3v) is 3.98. The lowest BCUT2D eigenvalue weighted by Crippen LogP contribution is -2.14. The molecule has 0 saturated carbocycles. The lowest BCUT2D eigenvalue weighted by molar-refractivity contribution is -0.385. The van der Waals surface area contributed by atoms with Crippen molar-refractivity contribution in [3.05, 3.63) is 74.8 Å². The largest absolute Gasteiger partial charge is 0.497 e. The van der Waals surface area contributed by atoms with E-state index in [1.165, 1.54) is 6.07 Å². The van der Waals surface area contributed by atoms with Crippen molar-refractivity contribution in [2.24, 2.45) is 0 Å². The Morgan fingerprint density at radius 1 is 1.17 bits per heavy atom. The van der Waals surface area contributed by atoms with Crippen LogP contribution < -0.4 is 4.74 Å².